The van der Waals surface area contributed by atoms with Gasteiger partial charge >= 0.3 is 0 Å². The van der Waals surface area contributed by atoms with Gasteiger partial charge in [0.15, 0.2) is 0 Å². The monoisotopic (exact) mass is 152 g/mol. The van der Waals surface area contributed by atoms with E-state index >= 15 is 0 Å². The zero-order valence-corrected chi connectivity index (χ0v) is 6.92. The van der Waals surface area contributed by atoms with Crippen LogP contribution in [0.2, 0.25) is 0 Å². The summed E-state index contributed by atoms with van der Waals surface area (Å²) in [5.41, 5.74) is 0.435. The fourth-order valence-corrected chi connectivity index (χ4v) is 4.12. The minimum Gasteiger partial charge on any atom is -0.393 e. The van der Waals surface area contributed by atoms with Gasteiger partial charge in [0.25, 0.3) is 0 Å². The number of aliphatic hydroxyl groups is 1. The number of hydrogen-bond acceptors (Lipinski definition) is 1. The van der Waals surface area contributed by atoms with Gasteiger partial charge in [-0.3, -0.25) is 0 Å². The number of aliphatic hydroxyl groups excluding tert-OH is 1. The summed E-state index contributed by atoms with van der Waals surface area (Å²) in [5.74, 6) is 1.81. The molecule has 0 aliphatic heterocycles. The summed E-state index contributed by atoms with van der Waals surface area (Å²) in [4.78, 5) is 0. The van der Waals surface area contributed by atoms with Gasteiger partial charge in [0, 0.05) is 0 Å². The zero-order chi connectivity index (χ0) is 7.47. The lowest BCUT2D eigenvalue weighted by molar-refractivity contribution is 0.0173. The lowest BCUT2D eigenvalue weighted by Gasteiger charge is -2.33. The highest BCUT2D eigenvalue weighted by molar-refractivity contribution is 5.09. The fraction of sp³-hybridized carbons (Fsp3) is 1.00. The third-order valence-electron chi connectivity index (χ3n) is 4.51. The van der Waals surface area contributed by atoms with Crippen LogP contribution in [-0.2, 0) is 0 Å². The van der Waals surface area contributed by atoms with Crippen molar-refractivity contribution >= 4 is 0 Å². The maximum atomic E-state index is 9.88. The van der Waals surface area contributed by atoms with Crippen LogP contribution in [0.1, 0.15) is 38.5 Å². The van der Waals surface area contributed by atoms with Crippen molar-refractivity contribution in [3.63, 3.8) is 0 Å². The van der Waals surface area contributed by atoms with Crippen molar-refractivity contribution in [3.8, 4) is 0 Å². The highest BCUT2D eigenvalue weighted by Crippen LogP contribution is 2.64. The van der Waals surface area contributed by atoms with E-state index in [1.54, 1.807) is 0 Å². The first-order valence-electron chi connectivity index (χ1n) is 4.99. The van der Waals surface area contributed by atoms with Crippen LogP contribution in [0.4, 0.5) is 0 Å². The lowest BCUT2D eigenvalue weighted by atomic mass is 9.75. The predicted molar refractivity (Wildman–Crippen MR) is 43.1 cm³/mol. The van der Waals surface area contributed by atoms with Gasteiger partial charge in [0.1, 0.15) is 0 Å². The Hall–Kier alpha value is -0.0400. The van der Waals surface area contributed by atoms with Gasteiger partial charge in [-0.25, -0.2) is 0 Å². The van der Waals surface area contributed by atoms with Crippen LogP contribution in [0.25, 0.3) is 0 Å². The molecule has 0 aromatic heterocycles. The molecule has 1 heteroatoms. The summed E-state index contributed by atoms with van der Waals surface area (Å²) in [6.45, 7) is 0. The largest absolute Gasteiger partial charge is 0.393 e. The molecule has 2 bridgehead atoms. The third-order valence-corrected chi connectivity index (χ3v) is 4.51. The van der Waals surface area contributed by atoms with Crippen molar-refractivity contribution in [1.82, 2.24) is 0 Å². The van der Waals surface area contributed by atoms with Crippen molar-refractivity contribution in [2.45, 2.75) is 44.6 Å². The molecule has 4 atom stereocenters. The third kappa shape index (κ3) is 0.618. The second-order valence-electron chi connectivity index (χ2n) is 4.88. The van der Waals surface area contributed by atoms with Crippen molar-refractivity contribution < 1.29 is 5.11 Å². The molecule has 0 saturated heterocycles. The molecule has 0 amide bonds. The summed E-state index contributed by atoms with van der Waals surface area (Å²) in [6, 6.07) is 0. The number of fused-ring (bicyclic) bond motifs is 1. The Morgan fingerprint density at radius 1 is 1.27 bits per heavy atom. The van der Waals surface area contributed by atoms with E-state index in [4.69, 9.17) is 0 Å². The van der Waals surface area contributed by atoms with Crippen molar-refractivity contribution in [2.75, 3.05) is 0 Å². The Kier molecular flexibility index (Phi) is 1.07. The molecule has 1 nitrogen and oxygen atoms in total. The Morgan fingerprint density at radius 2 is 2.18 bits per heavy atom. The topological polar surface area (TPSA) is 20.2 Å². The summed E-state index contributed by atoms with van der Waals surface area (Å²) in [6.07, 6.45) is 8.12. The van der Waals surface area contributed by atoms with Gasteiger partial charge < -0.3 is 5.11 Å². The maximum Gasteiger partial charge on any atom is 0.0601 e. The molecule has 1 N–H and O–H groups in total. The van der Waals surface area contributed by atoms with Crippen LogP contribution >= 0.6 is 0 Å². The van der Waals surface area contributed by atoms with E-state index < -0.39 is 0 Å². The molecule has 3 fully saturated rings. The van der Waals surface area contributed by atoms with Crippen molar-refractivity contribution in [2.24, 2.45) is 17.3 Å². The summed E-state index contributed by atoms with van der Waals surface area (Å²) < 4.78 is 0. The molecule has 0 aromatic rings. The molecule has 3 aliphatic carbocycles. The van der Waals surface area contributed by atoms with E-state index in [0.717, 1.165) is 18.3 Å². The molecule has 3 aliphatic rings. The molecule has 3 saturated carbocycles. The van der Waals surface area contributed by atoms with Gasteiger partial charge in [-0.15, -0.1) is 0 Å². The number of rotatable bonds is 0. The predicted octanol–water partition coefficient (Wildman–Crippen LogP) is 1.95. The summed E-state index contributed by atoms with van der Waals surface area (Å²) >= 11 is 0. The van der Waals surface area contributed by atoms with E-state index in [2.05, 4.69) is 0 Å². The average molecular weight is 152 g/mol. The van der Waals surface area contributed by atoms with Gasteiger partial charge in [-0.05, 0) is 49.4 Å². The maximum absolute atomic E-state index is 9.88. The molecular formula is C10H16O. The van der Waals surface area contributed by atoms with Crippen molar-refractivity contribution in [3.05, 3.63) is 0 Å². The molecule has 0 heterocycles. The Bertz CT molecular complexity index is 189. The van der Waals surface area contributed by atoms with Crippen LogP contribution in [-0.4, -0.2) is 11.2 Å². The van der Waals surface area contributed by atoms with E-state index in [0.29, 0.717) is 5.41 Å². The van der Waals surface area contributed by atoms with E-state index in [1.165, 1.54) is 32.1 Å². The van der Waals surface area contributed by atoms with Crippen LogP contribution < -0.4 is 0 Å². The molecule has 3 rings (SSSR count). The average Bonchev–Trinajstić information content (AvgIpc) is 2.49. The Morgan fingerprint density at radius 3 is 2.91 bits per heavy atom. The van der Waals surface area contributed by atoms with E-state index in [1.807, 2.05) is 0 Å². The quantitative estimate of drug-likeness (QED) is 0.562. The van der Waals surface area contributed by atoms with Crippen LogP contribution in [0.5, 0.6) is 0 Å². The van der Waals surface area contributed by atoms with Gasteiger partial charge in [-0.2, -0.15) is 0 Å². The molecular weight excluding hydrogens is 136 g/mol. The van der Waals surface area contributed by atoms with E-state index in [9.17, 15) is 5.11 Å². The molecule has 11 heavy (non-hydrogen) atoms. The highest BCUT2D eigenvalue weighted by atomic mass is 16.3. The smallest absolute Gasteiger partial charge is 0.0601 e. The van der Waals surface area contributed by atoms with Gasteiger partial charge in [0.2, 0.25) is 0 Å². The van der Waals surface area contributed by atoms with Crippen LogP contribution in [0.15, 0.2) is 0 Å². The molecule has 0 radical (unpaired) electrons. The first-order valence-corrected chi connectivity index (χ1v) is 4.99. The molecule has 62 valence electrons. The Labute approximate surface area is 67.8 Å². The second-order valence-corrected chi connectivity index (χ2v) is 4.88. The van der Waals surface area contributed by atoms with E-state index in [-0.39, 0.29) is 6.10 Å². The normalized spacial score (nSPS) is 60.3. The highest BCUT2D eigenvalue weighted by Gasteiger charge is 2.58. The zero-order valence-electron chi connectivity index (χ0n) is 6.92. The minimum absolute atomic E-state index is 0.0775. The first kappa shape index (κ1) is 6.47. The SMILES string of the molecule is O[C@@H]1C[C@H]2C[C@@H]3CCC[C@]31C2. The lowest BCUT2D eigenvalue weighted by Crippen LogP contribution is -2.33. The second kappa shape index (κ2) is 1.82. The van der Waals surface area contributed by atoms with Crippen molar-refractivity contribution in [1.29, 1.82) is 0 Å². The van der Waals surface area contributed by atoms with Gasteiger partial charge in [-0.1, -0.05) is 6.42 Å². The van der Waals surface area contributed by atoms with Crippen LogP contribution in [0, 0.1) is 17.3 Å². The Balaban J connectivity index is 2.00. The number of hydrogen-bond donors (Lipinski definition) is 1. The molecule has 1 spiro atoms. The minimum atomic E-state index is 0.0775. The standard InChI is InChI=1S/C10H16O/c11-9-5-7-4-8-2-1-3-10(8,9)6-7/h7-9,11H,1-6H2/t7-,8+,9-,10+/m1/s1. The molecule has 0 aromatic carbocycles. The first-order chi connectivity index (χ1) is 5.31. The fourth-order valence-electron chi connectivity index (χ4n) is 4.12. The van der Waals surface area contributed by atoms with Crippen LogP contribution in [0.3, 0.4) is 0 Å². The van der Waals surface area contributed by atoms with Gasteiger partial charge in [0.05, 0.1) is 6.10 Å². The molecule has 0 unspecified atom stereocenters. The summed E-state index contributed by atoms with van der Waals surface area (Å²) in [5, 5.41) is 9.88. The summed E-state index contributed by atoms with van der Waals surface area (Å²) in [7, 11) is 0.